The second kappa shape index (κ2) is 2.48. The summed E-state index contributed by atoms with van der Waals surface area (Å²) >= 11 is 1.78. The van der Waals surface area contributed by atoms with Crippen molar-refractivity contribution in [3.63, 3.8) is 0 Å². The lowest BCUT2D eigenvalue weighted by molar-refractivity contribution is 1.03. The van der Waals surface area contributed by atoms with Gasteiger partial charge in [-0.2, -0.15) is 0 Å². The average Bonchev–Trinajstić information content (AvgIpc) is 2.10. The van der Waals surface area contributed by atoms with E-state index in [2.05, 4.69) is 25.8 Å². The molecule has 0 fully saturated rings. The van der Waals surface area contributed by atoms with Crippen LogP contribution in [-0.4, -0.2) is 4.98 Å². The molecule has 0 aromatic carbocycles. The zero-order chi connectivity index (χ0) is 6.85. The quantitative estimate of drug-likeness (QED) is 0.585. The van der Waals surface area contributed by atoms with Gasteiger partial charge < -0.3 is 0 Å². The van der Waals surface area contributed by atoms with Gasteiger partial charge in [-0.3, -0.25) is 0 Å². The van der Waals surface area contributed by atoms with Gasteiger partial charge in [0.15, 0.2) is 0 Å². The molecular formula is C7H11NS. The van der Waals surface area contributed by atoms with Crippen LogP contribution in [0.5, 0.6) is 0 Å². The van der Waals surface area contributed by atoms with Crippen molar-refractivity contribution in [1.82, 2.24) is 4.98 Å². The molecule has 0 N–H and O–H groups in total. The fraction of sp³-hybridized carbons (Fsp3) is 0.571. The van der Waals surface area contributed by atoms with E-state index in [-0.39, 0.29) is 0 Å². The molecule has 0 amide bonds. The van der Waals surface area contributed by atoms with Crippen LogP contribution in [-0.2, 0) is 6.42 Å². The van der Waals surface area contributed by atoms with E-state index in [4.69, 9.17) is 0 Å². The lowest BCUT2D eigenvalue weighted by Crippen LogP contribution is -1.81. The van der Waals surface area contributed by atoms with Gasteiger partial charge in [-0.15, -0.1) is 11.3 Å². The van der Waals surface area contributed by atoms with Crippen molar-refractivity contribution in [1.29, 1.82) is 0 Å². The molecule has 0 spiro atoms. The van der Waals surface area contributed by atoms with Gasteiger partial charge in [0.25, 0.3) is 0 Å². The fourth-order valence-corrected chi connectivity index (χ4v) is 1.81. The van der Waals surface area contributed by atoms with Crippen LogP contribution in [0.15, 0.2) is 0 Å². The summed E-state index contributed by atoms with van der Waals surface area (Å²) in [4.78, 5) is 5.72. The van der Waals surface area contributed by atoms with Crippen molar-refractivity contribution in [3.8, 4) is 0 Å². The summed E-state index contributed by atoms with van der Waals surface area (Å²) in [6, 6.07) is 0. The van der Waals surface area contributed by atoms with E-state index in [1.54, 1.807) is 11.3 Å². The van der Waals surface area contributed by atoms with Crippen molar-refractivity contribution in [2.45, 2.75) is 27.2 Å². The van der Waals surface area contributed by atoms with E-state index in [0.29, 0.717) is 0 Å². The Kier molecular flexibility index (Phi) is 1.86. The standard InChI is InChI=1S/C7H11NS/c1-4-7-5(2)9-6(3)8-7/h4H2,1-3H3. The molecule has 1 aromatic rings. The highest BCUT2D eigenvalue weighted by Crippen LogP contribution is 2.15. The van der Waals surface area contributed by atoms with Crippen molar-refractivity contribution in [2.24, 2.45) is 0 Å². The van der Waals surface area contributed by atoms with Crippen molar-refractivity contribution < 1.29 is 0 Å². The normalized spacial score (nSPS) is 10.1. The summed E-state index contributed by atoms with van der Waals surface area (Å²) in [5.74, 6) is 0. The molecule has 0 bridgehead atoms. The van der Waals surface area contributed by atoms with Crippen LogP contribution in [0, 0.1) is 13.8 Å². The van der Waals surface area contributed by atoms with E-state index < -0.39 is 0 Å². The Morgan fingerprint density at radius 2 is 2.11 bits per heavy atom. The number of thiazole rings is 1. The van der Waals surface area contributed by atoms with E-state index in [1.165, 1.54) is 15.6 Å². The monoisotopic (exact) mass is 141 g/mol. The van der Waals surface area contributed by atoms with Crippen LogP contribution in [0.25, 0.3) is 0 Å². The number of hydrogen-bond acceptors (Lipinski definition) is 2. The summed E-state index contributed by atoms with van der Waals surface area (Å²) in [6.45, 7) is 6.32. The highest BCUT2D eigenvalue weighted by Gasteiger charge is 1.99. The molecule has 0 radical (unpaired) electrons. The van der Waals surface area contributed by atoms with Gasteiger partial charge in [0.2, 0.25) is 0 Å². The van der Waals surface area contributed by atoms with Gasteiger partial charge in [0, 0.05) is 4.88 Å². The van der Waals surface area contributed by atoms with Gasteiger partial charge in [-0.25, -0.2) is 4.98 Å². The summed E-state index contributed by atoms with van der Waals surface area (Å²) < 4.78 is 0. The predicted octanol–water partition coefficient (Wildman–Crippen LogP) is 2.32. The summed E-state index contributed by atoms with van der Waals surface area (Å²) in [5, 5.41) is 1.18. The largest absolute Gasteiger partial charge is 0.246 e. The lowest BCUT2D eigenvalue weighted by Gasteiger charge is -1.85. The van der Waals surface area contributed by atoms with Gasteiger partial charge in [0.1, 0.15) is 0 Å². The molecule has 0 aliphatic rings. The molecule has 9 heavy (non-hydrogen) atoms. The Labute approximate surface area is 59.8 Å². The third-order valence-electron chi connectivity index (χ3n) is 1.33. The highest BCUT2D eigenvalue weighted by atomic mass is 32.1. The maximum atomic E-state index is 4.35. The first-order valence-electron chi connectivity index (χ1n) is 3.17. The van der Waals surface area contributed by atoms with Crippen LogP contribution >= 0.6 is 11.3 Å². The Balaban J connectivity index is 3.01. The van der Waals surface area contributed by atoms with Crippen LogP contribution in [0.4, 0.5) is 0 Å². The molecule has 1 rings (SSSR count). The van der Waals surface area contributed by atoms with Crippen molar-refractivity contribution >= 4 is 11.3 Å². The second-order valence-corrected chi connectivity index (χ2v) is 3.50. The SMILES string of the molecule is CCc1nc(C)sc1C. The van der Waals surface area contributed by atoms with E-state index in [1.807, 2.05) is 0 Å². The smallest absolute Gasteiger partial charge is 0.0900 e. The van der Waals surface area contributed by atoms with Crippen molar-refractivity contribution in [2.75, 3.05) is 0 Å². The second-order valence-electron chi connectivity index (χ2n) is 2.09. The van der Waals surface area contributed by atoms with Gasteiger partial charge in [-0.1, -0.05) is 6.92 Å². The number of aromatic nitrogens is 1. The maximum Gasteiger partial charge on any atom is 0.0900 e. The molecule has 2 heteroatoms. The number of rotatable bonds is 1. The fourth-order valence-electron chi connectivity index (χ4n) is 0.900. The van der Waals surface area contributed by atoms with E-state index in [9.17, 15) is 0 Å². The molecule has 0 atom stereocenters. The summed E-state index contributed by atoms with van der Waals surface area (Å²) in [5.41, 5.74) is 1.26. The first-order chi connectivity index (χ1) is 4.24. The van der Waals surface area contributed by atoms with Crippen LogP contribution < -0.4 is 0 Å². The Morgan fingerprint density at radius 3 is 2.33 bits per heavy atom. The molecule has 1 aromatic heterocycles. The third kappa shape index (κ3) is 1.30. The lowest BCUT2D eigenvalue weighted by atomic mass is 10.3. The van der Waals surface area contributed by atoms with Crippen LogP contribution in [0.2, 0.25) is 0 Å². The number of aryl methyl sites for hydroxylation is 3. The first-order valence-corrected chi connectivity index (χ1v) is 3.98. The zero-order valence-electron chi connectivity index (χ0n) is 6.06. The highest BCUT2D eigenvalue weighted by molar-refractivity contribution is 7.11. The van der Waals surface area contributed by atoms with Gasteiger partial charge in [-0.05, 0) is 20.3 Å². The maximum absolute atomic E-state index is 4.35. The Bertz CT molecular complexity index is 203. The first kappa shape index (κ1) is 6.75. The minimum Gasteiger partial charge on any atom is -0.246 e. The predicted molar refractivity (Wildman–Crippen MR) is 41.0 cm³/mol. The van der Waals surface area contributed by atoms with Crippen LogP contribution in [0.3, 0.4) is 0 Å². The molecule has 0 saturated heterocycles. The minimum atomic E-state index is 1.07. The Morgan fingerprint density at radius 1 is 1.44 bits per heavy atom. The van der Waals surface area contributed by atoms with Crippen LogP contribution in [0.1, 0.15) is 22.5 Å². The Hall–Kier alpha value is -0.370. The summed E-state index contributed by atoms with van der Waals surface area (Å²) in [6.07, 6.45) is 1.07. The van der Waals surface area contributed by atoms with Crippen molar-refractivity contribution in [3.05, 3.63) is 15.6 Å². The molecule has 50 valence electrons. The van der Waals surface area contributed by atoms with E-state index in [0.717, 1.165) is 6.42 Å². The molecule has 1 heterocycles. The molecule has 1 nitrogen and oxygen atoms in total. The molecule has 0 saturated carbocycles. The molecule has 0 unspecified atom stereocenters. The topological polar surface area (TPSA) is 12.9 Å². The minimum absolute atomic E-state index is 1.07. The van der Waals surface area contributed by atoms with Gasteiger partial charge in [0.05, 0.1) is 10.7 Å². The number of nitrogens with zero attached hydrogens (tertiary/aromatic N) is 1. The molecular weight excluding hydrogens is 130 g/mol. The van der Waals surface area contributed by atoms with E-state index >= 15 is 0 Å². The zero-order valence-corrected chi connectivity index (χ0v) is 6.88. The molecule has 0 aliphatic carbocycles. The third-order valence-corrected chi connectivity index (χ3v) is 2.26. The molecule has 0 aliphatic heterocycles. The van der Waals surface area contributed by atoms with Gasteiger partial charge >= 0.3 is 0 Å². The summed E-state index contributed by atoms with van der Waals surface area (Å²) in [7, 11) is 0. The number of hydrogen-bond donors (Lipinski definition) is 0. The average molecular weight is 141 g/mol.